The van der Waals surface area contributed by atoms with E-state index in [9.17, 15) is 19.2 Å². The summed E-state index contributed by atoms with van der Waals surface area (Å²) in [6, 6.07) is 22.1. The summed E-state index contributed by atoms with van der Waals surface area (Å²) in [5.74, 6) is 1.73. The number of fused-ring (bicyclic) bond motifs is 6. The minimum absolute atomic E-state index is 0.00754. The molecular formula is C46H48N8O8. The molecule has 0 aliphatic carbocycles. The number of hydrogen-bond acceptors (Lipinski definition) is 10. The molecule has 0 bridgehead atoms. The largest absolute Gasteiger partial charge is 0.488 e. The molecule has 320 valence electrons. The maximum Gasteiger partial charge on any atom is 0.407 e. The fraction of sp³-hybridized carbons (Fsp3) is 0.348. The summed E-state index contributed by atoms with van der Waals surface area (Å²) in [5, 5.41) is 7.21. The number of nitrogens with zero attached hydrogens (tertiary/aromatic N) is 4. The third-order valence-electron chi connectivity index (χ3n) is 12.3. The number of carbonyl (C=O) groups excluding carboxylic acids is 4. The molecule has 2 fully saturated rings. The zero-order valence-corrected chi connectivity index (χ0v) is 34.9. The number of likely N-dealkylation sites (tertiary alicyclic amines) is 2. The number of alkyl carbamates (subject to hydrolysis) is 2. The number of rotatable bonds is 10. The van der Waals surface area contributed by atoms with E-state index in [-0.39, 0.29) is 42.4 Å². The number of ether oxygens (including phenoxy) is 4. The van der Waals surface area contributed by atoms with Crippen molar-refractivity contribution in [2.75, 3.05) is 41.0 Å². The van der Waals surface area contributed by atoms with Gasteiger partial charge in [0, 0.05) is 36.6 Å². The van der Waals surface area contributed by atoms with Crippen molar-refractivity contribution >= 4 is 45.8 Å². The number of benzene rings is 4. The highest BCUT2D eigenvalue weighted by molar-refractivity contribution is 6.07. The molecule has 4 amide bonds. The molecule has 6 aromatic rings. The van der Waals surface area contributed by atoms with E-state index in [1.807, 2.05) is 43.3 Å². The zero-order chi connectivity index (χ0) is 43.1. The minimum atomic E-state index is -0.946. The molecule has 0 radical (unpaired) electrons. The Morgan fingerprint density at radius 1 is 0.903 bits per heavy atom. The average molecular weight is 841 g/mol. The Kier molecular flexibility index (Phi) is 11.0. The van der Waals surface area contributed by atoms with Crippen molar-refractivity contribution < 1.29 is 38.1 Å². The van der Waals surface area contributed by atoms with Gasteiger partial charge in [-0.25, -0.2) is 19.6 Å². The van der Waals surface area contributed by atoms with E-state index < -0.39 is 18.2 Å². The summed E-state index contributed by atoms with van der Waals surface area (Å²) in [6.45, 7) is 3.13. The number of imidazole rings is 2. The van der Waals surface area contributed by atoms with Gasteiger partial charge in [-0.05, 0) is 78.1 Å². The minimum Gasteiger partial charge on any atom is -0.488 e. The zero-order valence-electron chi connectivity index (χ0n) is 34.9. The molecule has 2 saturated heterocycles. The van der Waals surface area contributed by atoms with Gasteiger partial charge in [0.2, 0.25) is 5.91 Å². The van der Waals surface area contributed by atoms with Gasteiger partial charge >= 0.3 is 12.2 Å². The number of aromatic nitrogens is 4. The smallest absolute Gasteiger partial charge is 0.407 e. The van der Waals surface area contributed by atoms with Crippen LogP contribution >= 0.6 is 0 Å². The fourth-order valence-corrected chi connectivity index (χ4v) is 9.33. The second-order valence-corrected chi connectivity index (χ2v) is 16.1. The number of aromatic amines is 2. The lowest BCUT2D eigenvalue weighted by Gasteiger charge is -2.28. The lowest BCUT2D eigenvalue weighted by Crippen LogP contribution is -2.43. The second-order valence-electron chi connectivity index (χ2n) is 16.1. The lowest BCUT2D eigenvalue weighted by molar-refractivity contribution is -0.135. The fourth-order valence-electron chi connectivity index (χ4n) is 9.33. The van der Waals surface area contributed by atoms with Gasteiger partial charge in [-0.1, -0.05) is 48.5 Å². The summed E-state index contributed by atoms with van der Waals surface area (Å²) in [4.78, 5) is 72.0. The quantitative estimate of drug-likeness (QED) is 0.115. The van der Waals surface area contributed by atoms with E-state index in [1.165, 1.54) is 14.2 Å². The van der Waals surface area contributed by atoms with Crippen molar-refractivity contribution in [2.45, 2.75) is 57.0 Å². The molecule has 2 aromatic heterocycles. The average Bonchev–Trinajstić information content (AvgIpc) is 4.12. The first-order chi connectivity index (χ1) is 30.1. The Morgan fingerprint density at radius 3 is 2.52 bits per heavy atom. The Balaban J connectivity index is 0.970. The van der Waals surface area contributed by atoms with Crippen LogP contribution in [0.1, 0.15) is 67.1 Å². The molecule has 3 aliphatic rings. The standard InChI is InChI=1S/C46H48N8O8/c1-25-10-15-36(54(25)39(55)21-48-45(57)60-3)43-49-34-14-12-28-18-33-31-13-11-29(17-30(31)24-62-38(33)19-32(28)41(34)51-43)35-20-47-42(50-35)37-16-26(23-59-2)22-53(37)44(56)40(52-46(58)61-4)27-8-6-5-7-9-27/h5-9,11-14,17-20,25-26,36-37,40H,10,15-16,21-24H2,1-4H3,(H,47,50)(H,48,57)(H,49,51)(H,52,58)/t25-,26-,36-,37-,40+/m0/s1. The van der Waals surface area contributed by atoms with Crippen molar-refractivity contribution in [3.63, 3.8) is 0 Å². The van der Waals surface area contributed by atoms with E-state index in [1.54, 1.807) is 23.1 Å². The van der Waals surface area contributed by atoms with Crippen molar-refractivity contribution in [3.8, 4) is 28.1 Å². The highest BCUT2D eigenvalue weighted by atomic mass is 16.5. The third-order valence-corrected chi connectivity index (χ3v) is 12.3. The van der Waals surface area contributed by atoms with E-state index in [0.717, 1.165) is 68.3 Å². The van der Waals surface area contributed by atoms with Crippen LogP contribution in [0.4, 0.5) is 9.59 Å². The van der Waals surface area contributed by atoms with Gasteiger partial charge in [0.1, 0.15) is 36.6 Å². The summed E-state index contributed by atoms with van der Waals surface area (Å²) in [5.41, 5.74) is 7.10. The molecule has 4 N–H and O–H groups in total. The van der Waals surface area contributed by atoms with Crippen molar-refractivity contribution in [2.24, 2.45) is 5.92 Å². The van der Waals surface area contributed by atoms with Crippen LogP contribution in [0.25, 0.3) is 44.2 Å². The highest BCUT2D eigenvalue weighted by Gasteiger charge is 2.41. The van der Waals surface area contributed by atoms with Gasteiger partial charge in [0.15, 0.2) is 0 Å². The molecule has 0 spiro atoms. The van der Waals surface area contributed by atoms with Crippen LogP contribution in [0, 0.1) is 5.92 Å². The SMILES string of the molecule is COC[C@H]1C[C@@H](c2ncc(-c3ccc4c(c3)COc3cc5c(ccc6nc([C@@H]7CC[C@H](C)N7C(=O)CNC(=O)OC)[nH]c65)cc3-4)[nH]2)N(C(=O)[C@H](NC(=O)OC)c2ccccc2)C1. The molecule has 0 unspecified atom stereocenters. The number of methoxy groups -OCH3 is 3. The number of amides is 4. The van der Waals surface area contributed by atoms with Gasteiger partial charge in [0.25, 0.3) is 5.91 Å². The van der Waals surface area contributed by atoms with Crippen LogP contribution in [0.2, 0.25) is 0 Å². The highest BCUT2D eigenvalue weighted by Crippen LogP contribution is 2.44. The van der Waals surface area contributed by atoms with Gasteiger partial charge in [0.05, 0.1) is 55.8 Å². The third kappa shape index (κ3) is 7.54. The Bertz CT molecular complexity index is 2680. The molecule has 5 heterocycles. The molecule has 9 rings (SSSR count). The van der Waals surface area contributed by atoms with Crippen LogP contribution in [-0.4, -0.2) is 101 Å². The van der Waals surface area contributed by atoms with Crippen LogP contribution in [0.3, 0.4) is 0 Å². The number of carbonyl (C=O) groups is 4. The van der Waals surface area contributed by atoms with Gasteiger partial charge in [-0.15, -0.1) is 0 Å². The van der Waals surface area contributed by atoms with E-state index >= 15 is 0 Å². The molecule has 4 aromatic carbocycles. The van der Waals surface area contributed by atoms with Crippen LogP contribution in [0.15, 0.2) is 79.0 Å². The molecule has 3 aliphatic heterocycles. The summed E-state index contributed by atoms with van der Waals surface area (Å²) in [6.07, 6.45) is 2.65. The Hall–Kier alpha value is -6.94. The van der Waals surface area contributed by atoms with Crippen molar-refractivity contribution in [1.82, 2.24) is 40.4 Å². The molecular weight excluding hydrogens is 793 g/mol. The topological polar surface area (TPSA) is 193 Å². The van der Waals surface area contributed by atoms with Crippen LogP contribution in [0.5, 0.6) is 5.75 Å². The summed E-state index contributed by atoms with van der Waals surface area (Å²) >= 11 is 0. The Labute approximate surface area is 357 Å². The molecule has 5 atom stereocenters. The summed E-state index contributed by atoms with van der Waals surface area (Å²) < 4.78 is 21.5. The van der Waals surface area contributed by atoms with E-state index in [0.29, 0.717) is 43.4 Å². The number of hydrogen-bond donors (Lipinski definition) is 4. The normalized spacial score (nSPS) is 19.7. The molecule has 0 saturated carbocycles. The summed E-state index contributed by atoms with van der Waals surface area (Å²) in [7, 11) is 4.19. The first-order valence-electron chi connectivity index (χ1n) is 20.7. The van der Waals surface area contributed by atoms with Crippen LogP contribution < -0.4 is 15.4 Å². The maximum absolute atomic E-state index is 14.3. The Morgan fingerprint density at radius 2 is 1.73 bits per heavy atom. The predicted molar refractivity (Wildman–Crippen MR) is 229 cm³/mol. The lowest BCUT2D eigenvalue weighted by atomic mass is 9.92. The van der Waals surface area contributed by atoms with E-state index in [2.05, 4.69) is 61.7 Å². The monoisotopic (exact) mass is 840 g/mol. The van der Waals surface area contributed by atoms with Crippen molar-refractivity contribution in [3.05, 3.63) is 102 Å². The van der Waals surface area contributed by atoms with E-state index in [4.69, 9.17) is 24.2 Å². The van der Waals surface area contributed by atoms with Gasteiger partial charge < -0.3 is 49.3 Å². The van der Waals surface area contributed by atoms with Gasteiger partial charge in [-0.3, -0.25) is 9.59 Å². The van der Waals surface area contributed by atoms with Gasteiger partial charge in [-0.2, -0.15) is 0 Å². The molecule has 62 heavy (non-hydrogen) atoms. The number of nitrogens with one attached hydrogen (secondary N) is 4. The van der Waals surface area contributed by atoms with Crippen LogP contribution in [-0.2, 0) is 30.4 Å². The van der Waals surface area contributed by atoms with Crippen molar-refractivity contribution in [1.29, 1.82) is 0 Å². The predicted octanol–water partition coefficient (Wildman–Crippen LogP) is 6.71. The second kappa shape index (κ2) is 16.8. The number of H-pyrrole nitrogens is 2. The first-order valence-corrected chi connectivity index (χ1v) is 20.7. The molecule has 16 heteroatoms. The maximum atomic E-state index is 14.3. The molecule has 16 nitrogen and oxygen atoms in total. The first kappa shape index (κ1) is 40.5.